The lowest BCUT2D eigenvalue weighted by molar-refractivity contribution is 0.162. The Labute approximate surface area is 111 Å². The molecule has 2 heterocycles. The Balaban J connectivity index is 1.99. The fourth-order valence-electron chi connectivity index (χ4n) is 1.53. The summed E-state index contributed by atoms with van der Waals surface area (Å²) in [5, 5.41) is 12.9. The van der Waals surface area contributed by atoms with Gasteiger partial charge in [0, 0.05) is 18.9 Å². The quantitative estimate of drug-likeness (QED) is 0.829. The zero-order valence-corrected chi connectivity index (χ0v) is 10.9. The Morgan fingerprint density at radius 2 is 2.16 bits per heavy atom. The van der Waals surface area contributed by atoms with E-state index in [0.29, 0.717) is 17.5 Å². The highest BCUT2D eigenvalue weighted by Crippen LogP contribution is 2.20. The monoisotopic (exact) mass is 263 g/mol. The Morgan fingerprint density at radius 3 is 2.84 bits per heavy atom. The van der Waals surface area contributed by atoms with Gasteiger partial charge in [-0.1, -0.05) is 0 Å². The van der Waals surface area contributed by atoms with E-state index in [1.807, 2.05) is 13.8 Å². The molecule has 0 saturated carbocycles. The highest BCUT2D eigenvalue weighted by Gasteiger charge is 2.13. The zero-order chi connectivity index (χ0) is 13.7. The van der Waals surface area contributed by atoms with E-state index in [1.165, 1.54) is 6.26 Å². The molecular weight excluding hydrogens is 246 g/mol. The van der Waals surface area contributed by atoms with Gasteiger partial charge in [0.25, 0.3) is 5.88 Å². The molecule has 0 aromatic carbocycles. The molecule has 2 aromatic heterocycles. The zero-order valence-electron chi connectivity index (χ0n) is 10.9. The number of anilines is 1. The highest BCUT2D eigenvalue weighted by atomic mass is 16.5. The van der Waals surface area contributed by atoms with Gasteiger partial charge < -0.3 is 19.6 Å². The van der Waals surface area contributed by atoms with E-state index < -0.39 is 6.10 Å². The standard InChI is InChI=1S/C13H17N3O3/c1-9(2)19-13-12(14-5-6-15-13)16-8-10(17)11-4-3-7-18-11/h3-7,9-10,17H,8H2,1-2H3,(H,14,16). The van der Waals surface area contributed by atoms with Crippen molar-refractivity contribution in [3.63, 3.8) is 0 Å². The summed E-state index contributed by atoms with van der Waals surface area (Å²) in [5.41, 5.74) is 0. The second-order valence-corrected chi connectivity index (χ2v) is 4.29. The number of nitrogens with one attached hydrogen (secondary N) is 1. The minimum absolute atomic E-state index is 0.00671. The van der Waals surface area contributed by atoms with Crippen LogP contribution in [0.2, 0.25) is 0 Å². The molecule has 19 heavy (non-hydrogen) atoms. The smallest absolute Gasteiger partial charge is 0.257 e. The van der Waals surface area contributed by atoms with Crippen LogP contribution in [0.25, 0.3) is 0 Å². The molecule has 2 N–H and O–H groups in total. The lowest BCUT2D eigenvalue weighted by Crippen LogP contribution is -2.15. The summed E-state index contributed by atoms with van der Waals surface area (Å²) in [5.74, 6) is 1.42. The molecule has 0 aliphatic rings. The van der Waals surface area contributed by atoms with Gasteiger partial charge in [-0.2, -0.15) is 0 Å². The van der Waals surface area contributed by atoms with Crippen molar-refractivity contribution < 1.29 is 14.3 Å². The number of aliphatic hydroxyl groups excluding tert-OH is 1. The van der Waals surface area contributed by atoms with E-state index in [-0.39, 0.29) is 12.6 Å². The van der Waals surface area contributed by atoms with Crippen LogP contribution in [0, 0.1) is 0 Å². The van der Waals surface area contributed by atoms with Gasteiger partial charge in [0.1, 0.15) is 11.9 Å². The molecule has 0 radical (unpaired) electrons. The molecule has 0 amide bonds. The van der Waals surface area contributed by atoms with Crippen LogP contribution in [-0.4, -0.2) is 27.7 Å². The van der Waals surface area contributed by atoms with E-state index in [2.05, 4.69) is 15.3 Å². The van der Waals surface area contributed by atoms with Gasteiger partial charge in [-0.25, -0.2) is 9.97 Å². The first kappa shape index (κ1) is 13.4. The van der Waals surface area contributed by atoms with E-state index in [9.17, 15) is 5.11 Å². The minimum atomic E-state index is -0.746. The number of rotatable bonds is 6. The van der Waals surface area contributed by atoms with Crippen molar-refractivity contribution >= 4 is 5.82 Å². The van der Waals surface area contributed by atoms with Crippen LogP contribution < -0.4 is 10.1 Å². The molecule has 0 fully saturated rings. The van der Waals surface area contributed by atoms with Crippen LogP contribution in [0.15, 0.2) is 35.2 Å². The third-order valence-electron chi connectivity index (χ3n) is 2.35. The average molecular weight is 263 g/mol. The fraction of sp³-hybridized carbons (Fsp3) is 0.385. The van der Waals surface area contributed by atoms with Crippen molar-refractivity contribution in [2.45, 2.75) is 26.1 Å². The predicted molar refractivity (Wildman–Crippen MR) is 70.0 cm³/mol. The number of hydrogen-bond donors (Lipinski definition) is 2. The normalized spacial score (nSPS) is 12.4. The summed E-state index contributed by atoms with van der Waals surface area (Å²) in [6.45, 7) is 4.09. The summed E-state index contributed by atoms with van der Waals surface area (Å²) < 4.78 is 10.6. The maximum Gasteiger partial charge on any atom is 0.257 e. The maximum atomic E-state index is 9.90. The van der Waals surface area contributed by atoms with E-state index in [0.717, 1.165) is 0 Å². The SMILES string of the molecule is CC(C)Oc1nccnc1NCC(O)c1ccco1. The summed E-state index contributed by atoms with van der Waals surface area (Å²) >= 11 is 0. The van der Waals surface area contributed by atoms with Gasteiger partial charge in [-0.05, 0) is 26.0 Å². The van der Waals surface area contributed by atoms with Crippen LogP contribution in [0.5, 0.6) is 5.88 Å². The van der Waals surface area contributed by atoms with Crippen LogP contribution in [0.3, 0.4) is 0 Å². The summed E-state index contributed by atoms with van der Waals surface area (Å²) in [6, 6.07) is 3.45. The average Bonchev–Trinajstić information content (AvgIpc) is 2.90. The molecule has 0 aliphatic heterocycles. The lowest BCUT2D eigenvalue weighted by Gasteiger charge is -2.14. The number of furan rings is 1. The molecule has 6 nitrogen and oxygen atoms in total. The Bertz CT molecular complexity index is 500. The molecule has 2 rings (SSSR count). The third-order valence-corrected chi connectivity index (χ3v) is 2.35. The van der Waals surface area contributed by atoms with Gasteiger partial charge >= 0.3 is 0 Å². The summed E-state index contributed by atoms with van der Waals surface area (Å²) in [4.78, 5) is 8.25. The second-order valence-electron chi connectivity index (χ2n) is 4.29. The van der Waals surface area contributed by atoms with Crippen molar-refractivity contribution in [1.82, 2.24) is 9.97 Å². The van der Waals surface area contributed by atoms with Crippen molar-refractivity contribution in [2.24, 2.45) is 0 Å². The largest absolute Gasteiger partial charge is 0.472 e. The molecule has 1 unspecified atom stereocenters. The van der Waals surface area contributed by atoms with Gasteiger partial charge in [0.15, 0.2) is 5.82 Å². The van der Waals surface area contributed by atoms with Crippen molar-refractivity contribution in [3.05, 3.63) is 36.5 Å². The molecule has 0 bridgehead atoms. The van der Waals surface area contributed by atoms with Gasteiger partial charge in [0.05, 0.1) is 12.4 Å². The lowest BCUT2D eigenvalue weighted by atomic mass is 10.3. The van der Waals surface area contributed by atoms with Crippen LogP contribution in [-0.2, 0) is 0 Å². The number of nitrogens with zero attached hydrogens (tertiary/aromatic N) is 2. The first-order valence-electron chi connectivity index (χ1n) is 6.10. The topological polar surface area (TPSA) is 80.4 Å². The van der Waals surface area contributed by atoms with Gasteiger partial charge in [-0.3, -0.25) is 0 Å². The Hall–Kier alpha value is -2.08. The molecule has 2 aromatic rings. The maximum absolute atomic E-state index is 9.90. The number of hydrogen-bond acceptors (Lipinski definition) is 6. The number of ether oxygens (including phenoxy) is 1. The number of aromatic nitrogens is 2. The van der Waals surface area contributed by atoms with Crippen LogP contribution in [0.1, 0.15) is 25.7 Å². The fourth-order valence-corrected chi connectivity index (χ4v) is 1.53. The van der Waals surface area contributed by atoms with E-state index in [4.69, 9.17) is 9.15 Å². The van der Waals surface area contributed by atoms with Crippen molar-refractivity contribution in [2.75, 3.05) is 11.9 Å². The second kappa shape index (κ2) is 6.19. The molecular formula is C13H17N3O3. The molecule has 0 aliphatic carbocycles. The molecule has 0 saturated heterocycles. The van der Waals surface area contributed by atoms with E-state index in [1.54, 1.807) is 24.5 Å². The third kappa shape index (κ3) is 3.69. The van der Waals surface area contributed by atoms with Gasteiger partial charge in [0.2, 0.25) is 0 Å². The molecule has 6 heteroatoms. The first-order valence-corrected chi connectivity index (χ1v) is 6.10. The van der Waals surface area contributed by atoms with Crippen LogP contribution >= 0.6 is 0 Å². The molecule has 102 valence electrons. The van der Waals surface area contributed by atoms with E-state index >= 15 is 0 Å². The van der Waals surface area contributed by atoms with Gasteiger partial charge in [-0.15, -0.1) is 0 Å². The predicted octanol–water partition coefficient (Wildman–Crippen LogP) is 2.00. The highest BCUT2D eigenvalue weighted by molar-refractivity contribution is 5.44. The number of aliphatic hydroxyl groups is 1. The Morgan fingerprint density at radius 1 is 1.37 bits per heavy atom. The molecule has 0 spiro atoms. The summed E-state index contributed by atoms with van der Waals surface area (Å²) in [6.07, 6.45) is 3.91. The Kier molecular flexibility index (Phi) is 4.35. The van der Waals surface area contributed by atoms with Crippen LogP contribution in [0.4, 0.5) is 5.82 Å². The van der Waals surface area contributed by atoms with Crippen molar-refractivity contribution in [3.8, 4) is 5.88 Å². The van der Waals surface area contributed by atoms with Crippen molar-refractivity contribution in [1.29, 1.82) is 0 Å². The summed E-state index contributed by atoms with van der Waals surface area (Å²) in [7, 11) is 0. The first-order chi connectivity index (χ1) is 9.16. The molecule has 1 atom stereocenters. The minimum Gasteiger partial charge on any atom is -0.472 e.